The summed E-state index contributed by atoms with van der Waals surface area (Å²) in [6, 6.07) is -0.131. The number of carbonyl (C=O) groups is 1. The molecule has 0 spiro atoms. The highest BCUT2D eigenvalue weighted by Gasteiger charge is 2.21. The van der Waals surface area contributed by atoms with Gasteiger partial charge in [-0.25, -0.2) is 0 Å². The fourth-order valence-electron chi connectivity index (χ4n) is 1.98. The Kier molecular flexibility index (Phi) is 7.97. The van der Waals surface area contributed by atoms with Crippen molar-refractivity contribution in [1.82, 2.24) is 15.1 Å². The number of rotatable bonds is 8. The Balaban J connectivity index is 2.15. The van der Waals surface area contributed by atoms with Gasteiger partial charge in [0.1, 0.15) is 0 Å². The van der Waals surface area contributed by atoms with Crippen molar-refractivity contribution < 1.29 is 14.3 Å². The molecule has 0 aromatic rings. The largest absolute Gasteiger partial charge is 0.383 e. The van der Waals surface area contributed by atoms with Gasteiger partial charge in [0.25, 0.3) is 0 Å². The van der Waals surface area contributed by atoms with E-state index in [1.165, 1.54) is 0 Å². The van der Waals surface area contributed by atoms with Crippen LogP contribution in [0.3, 0.4) is 0 Å². The van der Waals surface area contributed by atoms with Crippen LogP contribution in [-0.4, -0.2) is 88.5 Å². The number of nitrogens with one attached hydrogen (secondary N) is 1. The van der Waals surface area contributed by atoms with E-state index in [-0.39, 0.29) is 11.9 Å². The lowest BCUT2D eigenvalue weighted by Gasteiger charge is -2.29. The Morgan fingerprint density at radius 1 is 1.42 bits per heavy atom. The van der Waals surface area contributed by atoms with E-state index >= 15 is 0 Å². The van der Waals surface area contributed by atoms with E-state index in [0.717, 1.165) is 26.2 Å². The van der Waals surface area contributed by atoms with Gasteiger partial charge in [0.15, 0.2) is 0 Å². The minimum absolute atomic E-state index is 0.131. The molecule has 1 rings (SSSR count). The van der Waals surface area contributed by atoms with Crippen molar-refractivity contribution >= 4 is 5.91 Å². The molecule has 6 heteroatoms. The molecule has 1 amide bonds. The molecule has 1 saturated heterocycles. The van der Waals surface area contributed by atoms with Crippen molar-refractivity contribution in [2.24, 2.45) is 0 Å². The van der Waals surface area contributed by atoms with Crippen molar-refractivity contribution in [1.29, 1.82) is 0 Å². The summed E-state index contributed by atoms with van der Waals surface area (Å²) in [4.78, 5) is 16.2. The molecule has 1 aliphatic rings. The van der Waals surface area contributed by atoms with Crippen molar-refractivity contribution in [3.8, 4) is 0 Å². The van der Waals surface area contributed by atoms with Gasteiger partial charge < -0.3 is 24.6 Å². The van der Waals surface area contributed by atoms with Gasteiger partial charge >= 0.3 is 0 Å². The minimum Gasteiger partial charge on any atom is -0.383 e. The van der Waals surface area contributed by atoms with Crippen molar-refractivity contribution in [3.05, 3.63) is 0 Å². The van der Waals surface area contributed by atoms with Crippen LogP contribution in [0.25, 0.3) is 0 Å². The lowest BCUT2D eigenvalue weighted by molar-refractivity contribution is -0.137. The molecule has 0 aromatic carbocycles. The molecule has 0 radical (unpaired) electrons. The predicted molar refractivity (Wildman–Crippen MR) is 74.2 cm³/mol. The molecule has 0 saturated carbocycles. The average molecular weight is 273 g/mol. The first-order valence-electron chi connectivity index (χ1n) is 6.92. The Morgan fingerprint density at radius 3 is 2.74 bits per heavy atom. The second-order valence-electron chi connectivity index (χ2n) is 4.91. The highest BCUT2D eigenvalue weighted by atomic mass is 16.5. The summed E-state index contributed by atoms with van der Waals surface area (Å²) in [7, 11) is 3.75. The number of likely N-dealkylation sites (N-methyl/N-ethyl adjacent to an activating group) is 1. The average Bonchev–Trinajstić information content (AvgIpc) is 2.45. The summed E-state index contributed by atoms with van der Waals surface area (Å²) in [6.45, 7) is 7.99. The maximum absolute atomic E-state index is 12.1. The monoisotopic (exact) mass is 273 g/mol. The van der Waals surface area contributed by atoms with Crippen LogP contribution >= 0.6 is 0 Å². The van der Waals surface area contributed by atoms with E-state index in [1.807, 2.05) is 11.8 Å². The van der Waals surface area contributed by atoms with Crippen LogP contribution in [0.4, 0.5) is 0 Å². The maximum Gasteiger partial charge on any atom is 0.239 e. The van der Waals surface area contributed by atoms with Gasteiger partial charge in [-0.05, 0) is 14.0 Å². The van der Waals surface area contributed by atoms with Crippen LogP contribution in [-0.2, 0) is 14.3 Å². The van der Waals surface area contributed by atoms with E-state index in [0.29, 0.717) is 26.3 Å². The van der Waals surface area contributed by atoms with Gasteiger partial charge in [-0.2, -0.15) is 0 Å². The first-order valence-corrected chi connectivity index (χ1v) is 6.92. The SMILES string of the molecule is COCCN(C)CCNC(C)C(=O)N1CCOCC1. The molecule has 1 atom stereocenters. The van der Waals surface area contributed by atoms with E-state index in [2.05, 4.69) is 17.3 Å². The van der Waals surface area contributed by atoms with E-state index in [9.17, 15) is 4.79 Å². The Morgan fingerprint density at radius 2 is 2.11 bits per heavy atom. The standard InChI is InChI=1S/C13H27N3O3/c1-12(13(17)16-7-10-19-11-8-16)14-4-5-15(2)6-9-18-3/h12,14H,4-11H2,1-3H3. The van der Waals surface area contributed by atoms with Gasteiger partial charge in [-0.3, -0.25) is 4.79 Å². The normalized spacial score (nSPS) is 17.8. The lowest BCUT2D eigenvalue weighted by Crippen LogP contribution is -2.50. The van der Waals surface area contributed by atoms with Crippen LogP contribution in [0.1, 0.15) is 6.92 Å². The number of morpholine rings is 1. The number of hydrogen-bond acceptors (Lipinski definition) is 5. The zero-order valence-corrected chi connectivity index (χ0v) is 12.4. The summed E-state index contributed by atoms with van der Waals surface area (Å²) in [5.41, 5.74) is 0. The van der Waals surface area contributed by atoms with E-state index < -0.39 is 0 Å². The molecule has 0 bridgehead atoms. The van der Waals surface area contributed by atoms with Crippen LogP contribution in [0.15, 0.2) is 0 Å². The quantitative estimate of drug-likeness (QED) is 0.640. The van der Waals surface area contributed by atoms with Gasteiger partial charge in [-0.1, -0.05) is 0 Å². The molecule has 1 unspecified atom stereocenters. The lowest BCUT2D eigenvalue weighted by atomic mass is 10.2. The minimum atomic E-state index is -0.131. The van der Waals surface area contributed by atoms with Crippen LogP contribution in [0.2, 0.25) is 0 Å². The maximum atomic E-state index is 12.1. The molecule has 6 nitrogen and oxygen atoms in total. The molecule has 0 aromatic heterocycles. The molecule has 1 fully saturated rings. The highest BCUT2D eigenvalue weighted by Crippen LogP contribution is 2.00. The number of nitrogens with zero attached hydrogens (tertiary/aromatic N) is 2. The summed E-state index contributed by atoms with van der Waals surface area (Å²) in [5, 5.41) is 3.27. The van der Waals surface area contributed by atoms with Gasteiger partial charge in [0.2, 0.25) is 5.91 Å². The summed E-state index contributed by atoms with van der Waals surface area (Å²) in [6.07, 6.45) is 0. The third-order valence-corrected chi connectivity index (χ3v) is 3.31. The Labute approximate surface area is 116 Å². The first-order chi connectivity index (χ1) is 9.15. The first kappa shape index (κ1) is 16.4. The van der Waals surface area contributed by atoms with E-state index in [1.54, 1.807) is 7.11 Å². The van der Waals surface area contributed by atoms with Gasteiger partial charge in [-0.15, -0.1) is 0 Å². The number of hydrogen-bond donors (Lipinski definition) is 1. The van der Waals surface area contributed by atoms with Crippen molar-refractivity contribution in [3.63, 3.8) is 0 Å². The number of methoxy groups -OCH3 is 1. The summed E-state index contributed by atoms with van der Waals surface area (Å²) in [5.74, 6) is 0.169. The van der Waals surface area contributed by atoms with Crippen molar-refractivity contribution in [2.45, 2.75) is 13.0 Å². The second kappa shape index (κ2) is 9.25. The van der Waals surface area contributed by atoms with Gasteiger partial charge in [0.05, 0.1) is 25.9 Å². The molecular weight excluding hydrogens is 246 g/mol. The van der Waals surface area contributed by atoms with Crippen LogP contribution in [0.5, 0.6) is 0 Å². The molecule has 112 valence electrons. The number of amides is 1. The second-order valence-corrected chi connectivity index (χ2v) is 4.91. The zero-order valence-electron chi connectivity index (χ0n) is 12.4. The number of carbonyl (C=O) groups excluding carboxylic acids is 1. The van der Waals surface area contributed by atoms with Crippen LogP contribution in [0, 0.1) is 0 Å². The Hall–Kier alpha value is -0.690. The summed E-state index contributed by atoms with van der Waals surface area (Å²) < 4.78 is 10.3. The fourth-order valence-corrected chi connectivity index (χ4v) is 1.98. The van der Waals surface area contributed by atoms with E-state index in [4.69, 9.17) is 9.47 Å². The molecule has 19 heavy (non-hydrogen) atoms. The fraction of sp³-hybridized carbons (Fsp3) is 0.923. The smallest absolute Gasteiger partial charge is 0.239 e. The topological polar surface area (TPSA) is 54.0 Å². The number of ether oxygens (including phenoxy) is 2. The molecule has 0 aliphatic carbocycles. The molecular formula is C13H27N3O3. The Bertz CT molecular complexity index is 258. The zero-order chi connectivity index (χ0) is 14.1. The van der Waals surface area contributed by atoms with Crippen LogP contribution < -0.4 is 5.32 Å². The van der Waals surface area contributed by atoms with Gasteiger partial charge in [0, 0.05) is 39.8 Å². The summed E-state index contributed by atoms with van der Waals surface area (Å²) >= 11 is 0. The third-order valence-electron chi connectivity index (χ3n) is 3.31. The highest BCUT2D eigenvalue weighted by molar-refractivity contribution is 5.81. The molecule has 1 N–H and O–H groups in total. The molecule has 1 aliphatic heterocycles. The predicted octanol–water partition coefficient (Wildman–Crippen LogP) is -0.598. The molecule has 1 heterocycles. The van der Waals surface area contributed by atoms with Crippen molar-refractivity contribution in [2.75, 3.05) is 66.7 Å². The third kappa shape index (κ3) is 6.33.